The lowest BCUT2D eigenvalue weighted by Crippen LogP contribution is -2.34. The molecule has 0 aliphatic heterocycles. The molecule has 172 valence electrons. The van der Waals surface area contributed by atoms with Gasteiger partial charge in [0.1, 0.15) is 16.9 Å². The lowest BCUT2D eigenvalue weighted by molar-refractivity contribution is 0.0446. The first kappa shape index (κ1) is 28.0. The van der Waals surface area contributed by atoms with Crippen LogP contribution in [0.25, 0.3) is 0 Å². The topological polar surface area (TPSA) is 80.9 Å². The van der Waals surface area contributed by atoms with Gasteiger partial charge in [0.2, 0.25) is 0 Å². The lowest BCUT2D eigenvalue weighted by atomic mass is 9.83. The summed E-state index contributed by atoms with van der Waals surface area (Å²) in [5.74, 6) is -0.247. The Morgan fingerprint density at radius 3 is 1.17 bits per heavy atom. The second kappa shape index (κ2) is 19.0. The van der Waals surface area contributed by atoms with Crippen LogP contribution in [0.4, 0.5) is 0 Å². The summed E-state index contributed by atoms with van der Waals surface area (Å²) in [7, 11) is 0. The Kier molecular flexibility index (Phi) is 18.3. The van der Waals surface area contributed by atoms with Crippen molar-refractivity contribution in [1.29, 1.82) is 0 Å². The third-order valence-electron chi connectivity index (χ3n) is 5.81. The van der Waals surface area contributed by atoms with Gasteiger partial charge in [-0.1, -0.05) is 90.9 Å². The van der Waals surface area contributed by atoms with Crippen LogP contribution >= 0.6 is 0 Å². The monoisotopic (exact) mass is 412 g/mol. The van der Waals surface area contributed by atoms with Gasteiger partial charge in [-0.25, -0.2) is 0 Å². The quantitative estimate of drug-likeness (QED) is 0.127. The molecule has 4 nitrogen and oxygen atoms in total. The molecule has 0 fully saturated rings. The van der Waals surface area contributed by atoms with Crippen LogP contribution in [0.5, 0.6) is 0 Å². The van der Waals surface area contributed by atoms with E-state index in [0.717, 1.165) is 25.7 Å². The highest BCUT2D eigenvalue weighted by Crippen LogP contribution is 2.33. The maximum Gasteiger partial charge on any atom is 0.129 e. The normalized spacial score (nSPS) is 13.2. The van der Waals surface area contributed by atoms with Crippen LogP contribution in [0.2, 0.25) is 0 Å². The maximum absolute atomic E-state index is 10.5. The first-order valence-corrected chi connectivity index (χ1v) is 12.1. The average molecular weight is 413 g/mol. The molecule has 4 N–H and O–H groups in total. The van der Waals surface area contributed by atoms with Crippen LogP contribution < -0.4 is 0 Å². The summed E-state index contributed by atoms with van der Waals surface area (Å²) in [6.45, 7) is 3.39. The average Bonchev–Trinajstić information content (AvgIpc) is 2.73. The molecule has 0 spiro atoms. The minimum Gasteiger partial charge on any atom is -0.511 e. The van der Waals surface area contributed by atoms with E-state index in [0.29, 0.717) is 12.8 Å². The second-order valence-corrected chi connectivity index (χ2v) is 8.40. The fourth-order valence-corrected chi connectivity index (χ4v) is 3.58. The van der Waals surface area contributed by atoms with Crippen molar-refractivity contribution in [2.45, 2.75) is 117 Å². The van der Waals surface area contributed by atoms with Gasteiger partial charge < -0.3 is 20.4 Å². The van der Waals surface area contributed by atoms with E-state index < -0.39 is 18.6 Å². The zero-order valence-electron chi connectivity index (χ0n) is 19.2. The van der Waals surface area contributed by atoms with Gasteiger partial charge >= 0.3 is 0 Å². The first-order valence-electron chi connectivity index (χ1n) is 12.1. The molecular weight excluding hydrogens is 364 g/mol. The van der Waals surface area contributed by atoms with Gasteiger partial charge in [0, 0.05) is 0 Å². The van der Waals surface area contributed by atoms with Gasteiger partial charge in [0.15, 0.2) is 0 Å². The molecular formula is C25H48O4. The molecule has 0 heterocycles. The molecule has 0 aromatic rings. The fraction of sp³-hybridized carbons (Fsp3) is 0.840. The first-order chi connectivity index (χ1) is 14.1. The van der Waals surface area contributed by atoms with Crippen molar-refractivity contribution in [3.05, 3.63) is 23.7 Å². The Hall–Kier alpha value is -1.00. The maximum atomic E-state index is 10.5. The molecule has 0 amide bonds. The van der Waals surface area contributed by atoms with Crippen LogP contribution in [-0.4, -0.2) is 33.6 Å². The van der Waals surface area contributed by atoms with Crippen molar-refractivity contribution in [3.63, 3.8) is 0 Å². The van der Waals surface area contributed by atoms with E-state index in [2.05, 4.69) is 13.8 Å². The molecule has 0 saturated carbocycles. The Balaban J connectivity index is 4.40. The molecule has 0 unspecified atom stereocenters. The van der Waals surface area contributed by atoms with E-state index in [1.165, 1.54) is 64.2 Å². The molecule has 0 radical (unpaired) electrons. The summed E-state index contributed by atoms with van der Waals surface area (Å²) >= 11 is 0. The standard InChI is InChI=1S/C25H48O4/c1-3-5-7-9-11-13-15-17-19-23(28)25(21-26,22-27)24(29)20-18-16-14-12-10-8-6-4-2/h19-20,26-29H,3-18,21-22H2,1-2H3. The van der Waals surface area contributed by atoms with E-state index in [1.54, 1.807) is 12.2 Å². The number of aliphatic hydroxyl groups is 4. The highest BCUT2D eigenvalue weighted by atomic mass is 16.3. The number of aliphatic hydroxyl groups excluding tert-OH is 4. The Bertz CT molecular complexity index is 389. The number of hydrogen-bond donors (Lipinski definition) is 4. The van der Waals surface area contributed by atoms with E-state index in [-0.39, 0.29) is 11.5 Å². The zero-order valence-corrected chi connectivity index (χ0v) is 19.2. The van der Waals surface area contributed by atoms with Gasteiger partial charge in [-0.3, -0.25) is 0 Å². The van der Waals surface area contributed by atoms with Gasteiger partial charge in [-0.2, -0.15) is 0 Å². The van der Waals surface area contributed by atoms with Crippen LogP contribution in [-0.2, 0) is 0 Å². The highest BCUT2D eigenvalue weighted by molar-refractivity contribution is 5.21. The molecule has 29 heavy (non-hydrogen) atoms. The second-order valence-electron chi connectivity index (χ2n) is 8.40. The molecule has 0 aromatic heterocycles. The lowest BCUT2D eigenvalue weighted by Gasteiger charge is -2.28. The number of hydrogen-bond acceptors (Lipinski definition) is 4. The summed E-state index contributed by atoms with van der Waals surface area (Å²) in [5, 5.41) is 40.5. The number of rotatable bonds is 20. The molecule has 4 heteroatoms. The fourth-order valence-electron chi connectivity index (χ4n) is 3.58. The van der Waals surface area contributed by atoms with Gasteiger partial charge in [-0.15, -0.1) is 0 Å². The molecule has 0 aliphatic carbocycles. The van der Waals surface area contributed by atoms with Crippen LogP contribution in [0.3, 0.4) is 0 Å². The van der Waals surface area contributed by atoms with Crippen molar-refractivity contribution >= 4 is 0 Å². The third-order valence-corrected chi connectivity index (χ3v) is 5.81. The van der Waals surface area contributed by atoms with E-state index in [1.807, 2.05) is 0 Å². The zero-order chi connectivity index (χ0) is 21.8. The summed E-state index contributed by atoms with van der Waals surface area (Å²) in [6.07, 6.45) is 21.4. The summed E-state index contributed by atoms with van der Waals surface area (Å²) in [5.41, 5.74) is -1.47. The van der Waals surface area contributed by atoms with E-state index >= 15 is 0 Å². The Morgan fingerprint density at radius 1 is 0.552 bits per heavy atom. The Morgan fingerprint density at radius 2 is 0.862 bits per heavy atom. The van der Waals surface area contributed by atoms with Crippen LogP contribution in [0.1, 0.15) is 117 Å². The van der Waals surface area contributed by atoms with Crippen molar-refractivity contribution in [2.75, 3.05) is 13.2 Å². The number of unbranched alkanes of at least 4 members (excludes halogenated alkanes) is 14. The molecule has 0 rings (SSSR count). The minimum atomic E-state index is -1.47. The predicted molar refractivity (Wildman–Crippen MR) is 123 cm³/mol. The molecule has 0 aliphatic rings. The van der Waals surface area contributed by atoms with Gasteiger partial charge in [0.05, 0.1) is 13.2 Å². The summed E-state index contributed by atoms with van der Waals surface area (Å²) in [6, 6.07) is 0. The smallest absolute Gasteiger partial charge is 0.129 e. The van der Waals surface area contributed by atoms with Crippen LogP contribution in [0, 0.1) is 5.41 Å². The van der Waals surface area contributed by atoms with E-state index in [9.17, 15) is 20.4 Å². The highest BCUT2D eigenvalue weighted by Gasteiger charge is 2.38. The van der Waals surface area contributed by atoms with Crippen LogP contribution in [0.15, 0.2) is 23.7 Å². The molecule has 0 saturated heterocycles. The molecule has 0 aromatic carbocycles. The predicted octanol–water partition coefficient (Wildman–Crippen LogP) is 7.12. The van der Waals surface area contributed by atoms with Gasteiger partial charge in [-0.05, 0) is 37.8 Å². The molecule has 0 atom stereocenters. The van der Waals surface area contributed by atoms with Crippen molar-refractivity contribution in [3.8, 4) is 0 Å². The van der Waals surface area contributed by atoms with Crippen molar-refractivity contribution in [1.82, 2.24) is 0 Å². The minimum absolute atomic E-state index is 0.123. The van der Waals surface area contributed by atoms with E-state index in [4.69, 9.17) is 0 Å². The SMILES string of the molecule is CCCCCCCCCC=C(O)C(CO)(CO)C(O)=CCCCCCCCCC. The number of allylic oxidation sites excluding steroid dienone is 2. The summed E-state index contributed by atoms with van der Waals surface area (Å²) < 4.78 is 0. The molecule has 0 bridgehead atoms. The van der Waals surface area contributed by atoms with Crippen molar-refractivity contribution in [2.24, 2.45) is 5.41 Å². The Labute approximate surface area is 179 Å². The largest absolute Gasteiger partial charge is 0.511 e. The van der Waals surface area contributed by atoms with Gasteiger partial charge in [0.25, 0.3) is 0 Å². The summed E-state index contributed by atoms with van der Waals surface area (Å²) in [4.78, 5) is 0. The third kappa shape index (κ3) is 12.3. The van der Waals surface area contributed by atoms with Crippen molar-refractivity contribution < 1.29 is 20.4 Å².